The van der Waals surface area contributed by atoms with Gasteiger partial charge in [0, 0.05) is 23.8 Å². The zero-order chi connectivity index (χ0) is 21.0. The summed E-state index contributed by atoms with van der Waals surface area (Å²) >= 11 is 0. The first-order valence-corrected chi connectivity index (χ1v) is 11.4. The zero-order valence-electron chi connectivity index (χ0n) is 15.5. The molecule has 2 aromatic carbocycles. The van der Waals surface area contributed by atoms with Crippen LogP contribution in [0.1, 0.15) is 0 Å². The molecule has 0 saturated carbocycles. The topological polar surface area (TPSA) is 119 Å². The Bertz CT molecular complexity index is 994. The van der Waals surface area contributed by atoms with E-state index in [1.54, 1.807) is 30.3 Å². The maximum atomic E-state index is 13.3. The van der Waals surface area contributed by atoms with Crippen molar-refractivity contribution in [1.29, 1.82) is 0 Å². The predicted octanol–water partition coefficient (Wildman–Crippen LogP) is 1.76. The molecule has 0 aliphatic carbocycles. The van der Waals surface area contributed by atoms with Gasteiger partial charge in [0.15, 0.2) is 4.90 Å². The number of hydrogen-bond acceptors (Lipinski definition) is 7. The minimum atomic E-state index is -4.32. The second-order valence-corrected chi connectivity index (χ2v) is 9.65. The summed E-state index contributed by atoms with van der Waals surface area (Å²) in [6.07, 6.45) is -0.463. The highest BCUT2D eigenvalue weighted by molar-refractivity contribution is 7.89. The number of epoxide rings is 1. The average molecular weight is 440 g/mol. The molecule has 3 atom stereocenters. The molecule has 0 unspecified atom stereocenters. The molecule has 0 bridgehead atoms. The molecule has 1 fully saturated rings. The first-order chi connectivity index (χ1) is 13.9. The summed E-state index contributed by atoms with van der Waals surface area (Å²) in [4.78, 5) is 10.7. The van der Waals surface area contributed by atoms with Crippen LogP contribution in [0.4, 0.5) is 5.69 Å². The van der Waals surface area contributed by atoms with Gasteiger partial charge in [-0.05, 0) is 18.2 Å². The van der Waals surface area contributed by atoms with Gasteiger partial charge in [-0.15, -0.1) is 0 Å². The van der Waals surface area contributed by atoms with Crippen molar-refractivity contribution in [2.75, 3.05) is 26.2 Å². The third-order valence-corrected chi connectivity index (χ3v) is 7.73. The number of nitro groups is 1. The third kappa shape index (κ3) is 4.87. The number of nitrogens with zero attached hydrogens (tertiary/aromatic N) is 2. The fourth-order valence-electron chi connectivity index (χ4n) is 2.90. The third-order valence-electron chi connectivity index (χ3n) is 4.39. The second-order valence-electron chi connectivity index (χ2n) is 6.30. The Kier molecular flexibility index (Phi) is 6.75. The van der Waals surface area contributed by atoms with E-state index in [-0.39, 0.29) is 12.5 Å². The van der Waals surface area contributed by atoms with Gasteiger partial charge in [-0.25, -0.2) is 8.42 Å². The molecule has 1 aliphatic rings. The molecule has 2 aromatic rings. The normalized spacial score (nSPS) is 18.3. The fraction of sp³-hybridized carbons (Fsp3) is 0.333. The summed E-state index contributed by atoms with van der Waals surface area (Å²) in [7, 11) is -4.50. The van der Waals surface area contributed by atoms with Crippen LogP contribution >= 0.6 is 0 Å². The van der Waals surface area contributed by atoms with Gasteiger partial charge >= 0.3 is 0 Å². The molecular weight excluding hydrogens is 420 g/mol. The quantitative estimate of drug-likeness (QED) is 0.239. The van der Waals surface area contributed by atoms with E-state index < -0.39 is 48.5 Å². The van der Waals surface area contributed by atoms with Crippen LogP contribution in [-0.2, 0) is 30.3 Å². The molecule has 0 aromatic heterocycles. The van der Waals surface area contributed by atoms with Gasteiger partial charge in [0.25, 0.3) is 15.7 Å². The van der Waals surface area contributed by atoms with Crippen LogP contribution < -0.4 is 0 Å². The molecule has 0 spiro atoms. The van der Waals surface area contributed by atoms with E-state index in [1.807, 2.05) is 0 Å². The minimum absolute atomic E-state index is 0.0299. The second kappa shape index (κ2) is 9.09. The van der Waals surface area contributed by atoms with Gasteiger partial charge in [0.1, 0.15) is 6.73 Å². The number of methoxy groups -OCH3 is 1. The van der Waals surface area contributed by atoms with Gasteiger partial charge < -0.3 is 9.47 Å². The summed E-state index contributed by atoms with van der Waals surface area (Å²) in [6, 6.07) is 13.0. The van der Waals surface area contributed by atoms with Gasteiger partial charge in [-0.3, -0.25) is 14.3 Å². The highest BCUT2D eigenvalue weighted by Gasteiger charge is 2.45. The van der Waals surface area contributed by atoms with Crippen molar-refractivity contribution in [3.63, 3.8) is 0 Å². The van der Waals surface area contributed by atoms with E-state index in [2.05, 4.69) is 0 Å². The number of sulfonamides is 1. The number of nitro benzene ring substituents is 1. The zero-order valence-corrected chi connectivity index (χ0v) is 17.2. The van der Waals surface area contributed by atoms with Crippen molar-refractivity contribution in [3.05, 3.63) is 64.7 Å². The number of ether oxygens (including phenoxy) is 2. The molecule has 11 heteroatoms. The van der Waals surface area contributed by atoms with Gasteiger partial charge in [-0.1, -0.05) is 30.3 Å². The van der Waals surface area contributed by atoms with Crippen molar-refractivity contribution in [2.24, 2.45) is 0 Å². The monoisotopic (exact) mass is 440 g/mol. The maximum Gasteiger partial charge on any atom is 0.289 e. The molecule has 0 N–H and O–H groups in total. The SMILES string of the molecule is COCN([C@@H](C[S@@](=O)c1ccccc1)[C@@H]1CO1)S(=O)(=O)c1ccccc1[N+](=O)[O-]. The highest BCUT2D eigenvalue weighted by Crippen LogP contribution is 2.31. The van der Waals surface area contributed by atoms with Crippen LogP contribution in [0.3, 0.4) is 0 Å². The molecule has 0 amide bonds. The fourth-order valence-corrected chi connectivity index (χ4v) is 6.07. The lowest BCUT2D eigenvalue weighted by Crippen LogP contribution is -2.47. The average Bonchev–Trinajstić information content (AvgIpc) is 3.56. The lowest BCUT2D eigenvalue weighted by atomic mass is 10.2. The van der Waals surface area contributed by atoms with E-state index in [1.165, 1.54) is 25.3 Å². The lowest BCUT2D eigenvalue weighted by molar-refractivity contribution is -0.387. The number of para-hydroxylation sites is 1. The molecule has 1 saturated heterocycles. The first-order valence-electron chi connectivity index (χ1n) is 8.65. The molecule has 156 valence electrons. The minimum Gasteiger partial charge on any atom is -0.371 e. The van der Waals surface area contributed by atoms with E-state index in [0.717, 1.165) is 10.4 Å². The van der Waals surface area contributed by atoms with Crippen LogP contribution in [0.2, 0.25) is 0 Å². The summed E-state index contributed by atoms with van der Waals surface area (Å²) in [6.45, 7) is -0.0474. The largest absolute Gasteiger partial charge is 0.371 e. The van der Waals surface area contributed by atoms with Crippen LogP contribution in [-0.4, -0.2) is 60.2 Å². The van der Waals surface area contributed by atoms with E-state index >= 15 is 0 Å². The van der Waals surface area contributed by atoms with Crippen LogP contribution in [0.15, 0.2) is 64.4 Å². The molecule has 9 nitrogen and oxygen atoms in total. The Balaban J connectivity index is 1.98. The Morgan fingerprint density at radius 2 is 1.86 bits per heavy atom. The van der Waals surface area contributed by atoms with Crippen LogP contribution in [0.5, 0.6) is 0 Å². The van der Waals surface area contributed by atoms with Crippen molar-refractivity contribution >= 4 is 26.5 Å². The number of benzene rings is 2. The Morgan fingerprint density at radius 1 is 1.24 bits per heavy atom. The number of rotatable bonds is 10. The molecule has 29 heavy (non-hydrogen) atoms. The summed E-state index contributed by atoms with van der Waals surface area (Å²) < 4.78 is 50.9. The smallest absolute Gasteiger partial charge is 0.289 e. The van der Waals surface area contributed by atoms with Crippen LogP contribution in [0.25, 0.3) is 0 Å². The molecule has 1 aliphatic heterocycles. The van der Waals surface area contributed by atoms with Crippen LogP contribution in [0, 0.1) is 10.1 Å². The standard InChI is InChI=1S/C18H20N2O7S2/c1-26-13-19(29(24,25)18-10-6-5-9-15(18)20(21)22)16(17-11-27-17)12-28(23)14-7-3-2-4-8-14/h2-10,16-17H,11-13H2,1H3/t16-,17-,28+/m0/s1. The molecular formula is C18H20N2O7S2. The maximum absolute atomic E-state index is 13.3. The molecule has 3 rings (SSSR count). The molecule has 1 heterocycles. The number of hydrogen-bond donors (Lipinski definition) is 0. The van der Waals surface area contributed by atoms with Gasteiger partial charge in [-0.2, -0.15) is 4.31 Å². The highest BCUT2D eigenvalue weighted by atomic mass is 32.2. The Labute approximate surface area is 170 Å². The van der Waals surface area contributed by atoms with Crippen molar-refractivity contribution in [3.8, 4) is 0 Å². The van der Waals surface area contributed by atoms with E-state index in [9.17, 15) is 22.7 Å². The summed E-state index contributed by atoms with van der Waals surface area (Å²) in [5, 5.41) is 11.3. The van der Waals surface area contributed by atoms with Crippen molar-refractivity contribution in [2.45, 2.75) is 21.9 Å². The van der Waals surface area contributed by atoms with Crippen molar-refractivity contribution < 1.29 is 27.0 Å². The summed E-state index contributed by atoms with van der Waals surface area (Å²) in [5.74, 6) is -0.0299. The predicted molar refractivity (Wildman–Crippen MR) is 105 cm³/mol. The Morgan fingerprint density at radius 3 is 2.45 bits per heavy atom. The first kappa shape index (κ1) is 21.5. The lowest BCUT2D eigenvalue weighted by Gasteiger charge is -2.28. The Hall–Kier alpha value is -2.18. The van der Waals surface area contributed by atoms with Gasteiger partial charge in [0.05, 0.1) is 34.5 Å². The van der Waals surface area contributed by atoms with E-state index in [0.29, 0.717) is 11.5 Å². The van der Waals surface area contributed by atoms with Gasteiger partial charge in [0.2, 0.25) is 0 Å². The summed E-state index contributed by atoms with van der Waals surface area (Å²) in [5.41, 5.74) is -0.534. The van der Waals surface area contributed by atoms with E-state index in [4.69, 9.17) is 9.47 Å². The van der Waals surface area contributed by atoms with Crippen molar-refractivity contribution in [1.82, 2.24) is 4.31 Å². The molecule has 0 radical (unpaired) electrons.